The molecule has 0 aromatic carbocycles. The zero-order valence-electron chi connectivity index (χ0n) is 7.47. The number of carbonyl (C=O) groups excluding carboxylic acids is 4. The van der Waals surface area contributed by atoms with Gasteiger partial charge in [0.2, 0.25) is 0 Å². The topological polar surface area (TPSA) is 86.7 Å². The summed E-state index contributed by atoms with van der Waals surface area (Å²) in [5.74, 6) is -5.81. The lowest BCUT2D eigenvalue weighted by Crippen LogP contribution is -2.32. The van der Waals surface area contributed by atoms with Crippen LogP contribution in [0.2, 0.25) is 0 Å². The smallest absolute Gasteiger partial charge is 0.318 e. The highest BCUT2D eigenvalue weighted by Gasteiger charge is 2.64. The average Bonchev–Trinajstić information content (AvgIpc) is 2.63. The Labute approximate surface area is 83.5 Å². The number of ether oxygens (including phenoxy) is 2. The molecule has 0 radical (unpaired) electrons. The number of fused-ring (bicyclic) bond motifs is 5. The molecular formula is C9H6O6. The van der Waals surface area contributed by atoms with Crippen molar-refractivity contribution in [1.29, 1.82) is 0 Å². The molecule has 6 heteroatoms. The van der Waals surface area contributed by atoms with E-state index in [-0.39, 0.29) is 6.42 Å². The van der Waals surface area contributed by atoms with Crippen LogP contribution in [-0.2, 0) is 28.7 Å². The number of cyclic esters (lactones) is 4. The number of carbonyl (C=O) groups is 4. The molecule has 6 nitrogen and oxygen atoms in total. The molecular weight excluding hydrogens is 204 g/mol. The Hall–Kier alpha value is -1.72. The fourth-order valence-corrected chi connectivity index (χ4v) is 2.66. The second-order valence-corrected chi connectivity index (χ2v) is 3.98. The van der Waals surface area contributed by atoms with Gasteiger partial charge in [0.1, 0.15) is 0 Å². The summed E-state index contributed by atoms with van der Waals surface area (Å²) in [4.78, 5) is 45.2. The van der Waals surface area contributed by atoms with E-state index in [1.807, 2.05) is 0 Å². The third-order valence-electron chi connectivity index (χ3n) is 3.31. The van der Waals surface area contributed by atoms with E-state index in [4.69, 9.17) is 0 Å². The Morgan fingerprint density at radius 1 is 0.733 bits per heavy atom. The molecule has 2 aliphatic heterocycles. The molecule has 78 valence electrons. The SMILES string of the molecule is O=C1OC(=O)C2CC1C1C(=O)OC(=O)C21. The van der Waals surface area contributed by atoms with E-state index in [0.717, 1.165) is 0 Å². The van der Waals surface area contributed by atoms with Crippen molar-refractivity contribution >= 4 is 23.9 Å². The summed E-state index contributed by atoms with van der Waals surface area (Å²) >= 11 is 0. The summed E-state index contributed by atoms with van der Waals surface area (Å²) in [5.41, 5.74) is 0. The van der Waals surface area contributed by atoms with Gasteiger partial charge in [0.25, 0.3) is 0 Å². The number of hydrogen-bond acceptors (Lipinski definition) is 6. The van der Waals surface area contributed by atoms with Crippen molar-refractivity contribution in [1.82, 2.24) is 0 Å². The molecule has 0 amide bonds. The fraction of sp³-hybridized carbons (Fsp3) is 0.556. The van der Waals surface area contributed by atoms with Crippen LogP contribution < -0.4 is 0 Å². The number of esters is 4. The van der Waals surface area contributed by atoms with Gasteiger partial charge in [-0.05, 0) is 6.42 Å². The van der Waals surface area contributed by atoms with E-state index in [1.54, 1.807) is 0 Å². The first kappa shape index (κ1) is 8.58. The molecule has 4 unspecified atom stereocenters. The van der Waals surface area contributed by atoms with Gasteiger partial charge in [0.15, 0.2) is 0 Å². The van der Waals surface area contributed by atoms with Crippen LogP contribution in [0, 0.1) is 23.7 Å². The minimum absolute atomic E-state index is 0.230. The molecule has 2 heterocycles. The average molecular weight is 210 g/mol. The van der Waals surface area contributed by atoms with Gasteiger partial charge >= 0.3 is 23.9 Å². The largest absolute Gasteiger partial charge is 0.393 e. The predicted octanol–water partition coefficient (Wildman–Crippen LogP) is -0.978. The first-order valence-corrected chi connectivity index (χ1v) is 4.60. The summed E-state index contributed by atoms with van der Waals surface area (Å²) in [6.07, 6.45) is 0.230. The quantitative estimate of drug-likeness (QED) is 0.377. The maximum atomic E-state index is 11.3. The van der Waals surface area contributed by atoms with E-state index < -0.39 is 47.5 Å². The van der Waals surface area contributed by atoms with Crippen molar-refractivity contribution < 1.29 is 28.7 Å². The van der Waals surface area contributed by atoms with Gasteiger partial charge in [-0.25, -0.2) is 0 Å². The normalized spacial score (nSPS) is 42.7. The second kappa shape index (κ2) is 2.44. The molecule has 2 saturated heterocycles. The highest BCUT2D eigenvalue weighted by molar-refractivity contribution is 6.05. The van der Waals surface area contributed by atoms with Crippen LogP contribution in [0.4, 0.5) is 0 Å². The standard InChI is InChI=1S/C9H6O6/c10-6-2-1-3(7(11)14-6)5-4(2)8(12)15-9(5)13/h2-5H,1H2. The lowest BCUT2D eigenvalue weighted by atomic mass is 9.90. The molecule has 1 saturated carbocycles. The van der Waals surface area contributed by atoms with Gasteiger partial charge < -0.3 is 9.47 Å². The summed E-state index contributed by atoms with van der Waals surface area (Å²) in [6.45, 7) is 0. The van der Waals surface area contributed by atoms with Crippen LogP contribution >= 0.6 is 0 Å². The zero-order chi connectivity index (χ0) is 10.7. The first-order chi connectivity index (χ1) is 7.09. The van der Waals surface area contributed by atoms with Crippen molar-refractivity contribution in [2.24, 2.45) is 23.7 Å². The molecule has 3 rings (SSSR count). The molecule has 1 aliphatic carbocycles. The van der Waals surface area contributed by atoms with Crippen LogP contribution in [0.15, 0.2) is 0 Å². The summed E-state index contributed by atoms with van der Waals surface area (Å²) in [5, 5.41) is 0. The third-order valence-corrected chi connectivity index (χ3v) is 3.31. The minimum atomic E-state index is -0.804. The fourth-order valence-electron chi connectivity index (χ4n) is 2.66. The maximum Gasteiger partial charge on any atom is 0.318 e. The second-order valence-electron chi connectivity index (χ2n) is 3.98. The van der Waals surface area contributed by atoms with E-state index in [9.17, 15) is 19.2 Å². The van der Waals surface area contributed by atoms with E-state index >= 15 is 0 Å². The molecule has 4 atom stereocenters. The van der Waals surface area contributed by atoms with E-state index in [2.05, 4.69) is 9.47 Å². The lowest BCUT2D eigenvalue weighted by molar-refractivity contribution is -0.174. The highest BCUT2D eigenvalue weighted by atomic mass is 16.6. The molecule has 0 aromatic heterocycles. The Morgan fingerprint density at radius 3 is 1.60 bits per heavy atom. The van der Waals surface area contributed by atoms with Crippen LogP contribution in [0.1, 0.15) is 6.42 Å². The molecule has 0 aromatic rings. The summed E-state index contributed by atoms with van der Waals surface area (Å²) in [7, 11) is 0. The highest BCUT2D eigenvalue weighted by Crippen LogP contribution is 2.49. The van der Waals surface area contributed by atoms with Gasteiger partial charge in [-0.1, -0.05) is 0 Å². The minimum Gasteiger partial charge on any atom is -0.393 e. The van der Waals surface area contributed by atoms with E-state index in [0.29, 0.717) is 0 Å². The van der Waals surface area contributed by atoms with Gasteiger partial charge in [-0.15, -0.1) is 0 Å². The third kappa shape index (κ3) is 0.886. The Bertz CT molecular complexity index is 371. The van der Waals surface area contributed by atoms with Gasteiger partial charge in [0.05, 0.1) is 23.7 Å². The first-order valence-electron chi connectivity index (χ1n) is 4.60. The Balaban J connectivity index is 2.09. The molecule has 3 aliphatic rings. The van der Waals surface area contributed by atoms with Gasteiger partial charge in [-0.2, -0.15) is 0 Å². The van der Waals surface area contributed by atoms with Crippen molar-refractivity contribution in [2.45, 2.75) is 6.42 Å². The van der Waals surface area contributed by atoms with Crippen molar-refractivity contribution in [3.05, 3.63) is 0 Å². The Morgan fingerprint density at radius 2 is 1.13 bits per heavy atom. The van der Waals surface area contributed by atoms with Crippen molar-refractivity contribution in [3.8, 4) is 0 Å². The van der Waals surface area contributed by atoms with Gasteiger partial charge in [-0.3, -0.25) is 19.2 Å². The molecule has 0 spiro atoms. The summed E-state index contributed by atoms with van der Waals surface area (Å²) in [6, 6.07) is 0. The molecule has 15 heavy (non-hydrogen) atoms. The zero-order valence-corrected chi connectivity index (χ0v) is 7.47. The van der Waals surface area contributed by atoms with Crippen LogP contribution in [0.25, 0.3) is 0 Å². The van der Waals surface area contributed by atoms with Crippen molar-refractivity contribution in [3.63, 3.8) is 0 Å². The van der Waals surface area contributed by atoms with Crippen molar-refractivity contribution in [2.75, 3.05) is 0 Å². The number of rotatable bonds is 0. The van der Waals surface area contributed by atoms with Crippen LogP contribution in [0.3, 0.4) is 0 Å². The Kier molecular flexibility index (Phi) is 1.40. The predicted molar refractivity (Wildman–Crippen MR) is 40.8 cm³/mol. The van der Waals surface area contributed by atoms with Crippen LogP contribution in [-0.4, -0.2) is 23.9 Å². The molecule has 3 fully saturated rings. The van der Waals surface area contributed by atoms with Crippen LogP contribution in [0.5, 0.6) is 0 Å². The van der Waals surface area contributed by atoms with Gasteiger partial charge in [0, 0.05) is 0 Å². The number of hydrogen-bond donors (Lipinski definition) is 0. The summed E-state index contributed by atoms with van der Waals surface area (Å²) < 4.78 is 8.89. The monoisotopic (exact) mass is 210 g/mol. The van der Waals surface area contributed by atoms with E-state index in [1.165, 1.54) is 0 Å². The molecule has 2 bridgehead atoms. The lowest BCUT2D eigenvalue weighted by Gasteiger charge is -2.18. The molecule has 0 N–H and O–H groups in total. The maximum absolute atomic E-state index is 11.3.